The Bertz CT molecular complexity index is 467. The average molecular weight is 229 g/mol. The summed E-state index contributed by atoms with van der Waals surface area (Å²) in [6, 6.07) is 17.0. The SMILES string of the molecule is CCN(Cc1ccccc1)c1cccc(F)c1. The molecule has 17 heavy (non-hydrogen) atoms. The van der Waals surface area contributed by atoms with Crippen molar-refractivity contribution in [3.63, 3.8) is 0 Å². The fraction of sp³-hybridized carbons (Fsp3) is 0.200. The van der Waals surface area contributed by atoms with Gasteiger partial charge in [0.1, 0.15) is 5.82 Å². The van der Waals surface area contributed by atoms with Gasteiger partial charge in [-0.25, -0.2) is 4.39 Å². The van der Waals surface area contributed by atoms with E-state index in [-0.39, 0.29) is 5.82 Å². The maximum absolute atomic E-state index is 13.2. The van der Waals surface area contributed by atoms with Crippen molar-refractivity contribution in [1.29, 1.82) is 0 Å². The van der Waals surface area contributed by atoms with Crippen LogP contribution in [0.25, 0.3) is 0 Å². The molecule has 0 heterocycles. The van der Waals surface area contributed by atoms with Crippen molar-refractivity contribution in [3.8, 4) is 0 Å². The van der Waals surface area contributed by atoms with Gasteiger partial charge in [0, 0.05) is 18.8 Å². The largest absolute Gasteiger partial charge is 0.367 e. The Labute approximate surface area is 102 Å². The fourth-order valence-corrected chi connectivity index (χ4v) is 1.86. The van der Waals surface area contributed by atoms with Gasteiger partial charge in [-0.15, -0.1) is 0 Å². The van der Waals surface area contributed by atoms with Crippen LogP contribution < -0.4 is 4.90 Å². The minimum absolute atomic E-state index is 0.186. The Morgan fingerprint density at radius 2 is 1.76 bits per heavy atom. The van der Waals surface area contributed by atoms with E-state index in [1.165, 1.54) is 11.6 Å². The van der Waals surface area contributed by atoms with E-state index in [0.717, 1.165) is 18.8 Å². The molecule has 2 aromatic carbocycles. The lowest BCUT2D eigenvalue weighted by molar-refractivity contribution is 0.626. The van der Waals surface area contributed by atoms with E-state index in [2.05, 4.69) is 24.0 Å². The summed E-state index contributed by atoms with van der Waals surface area (Å²) in [4.78, 5) is 2.15. The minimum Gasteiger partial charge on any atom is -0.367 e. The van der Waals surface area contributed by atoms with Crippen molar-refractivity contribution in [3.05, 3.63) is 66.0 Å². The van der Waals surface area contributed by atoms with Crippen LogP contribution in [0.4, 0.5) is 10.1 Å². The van der Waals surface area contributed by atoms with Gasteiger partial charge in [-0.1, -0.05) is 36.4 Å². The topological polar surface area (TPSA) is 3.24 Å². The second-order valence-corrected chi connectivity index (χ2v) is 3.98. The van der Waals surface area contributed by atoms with Crippen LogP contribution in [-0.2, 0) is 6.54 Å². The fourth-order valence-electron chi connectivity index (χ4n) is 1.86. The number of halogens is 1. The molecule has 88 valence electrons. The summed E-state index contributed by atoms with van der Waals surface area (Å²) in [6.45, 7) is 3.74. The Morgan fingerprint density at radius 3 is 2.41 bits per heavy atom. The molecule has 0 spiro atoms. The molecule has 0 bridgehead atoms. The first-order chi connectivity index (χ1) is 8.29. The summed E-state index contributed by atoms with van der Waals surface area (Å²) in [5.74, 6) is -0.186. The summed E-state index contributed by atoms with van der Waals surface area (Å²) >= 11 is 0. The van der Waals surface area contributed by atoms with Gasteiger partial charge in [0.05, 0.1) is 0 Å². The van der Waals surface area contributed by atoms with Gasteiger partial charge in [-0.05, 0) is 30.7 Å². The number of hydrogen-bond acceptors (Lipinski definition) is 1. The van der Waals surface area contributed by atoms with Gasteiger partial charge in [0.15, 0.2) is 0 Å². The molecule has 0 aliphatic heterocycles. The van der Waals surface area contributed by atoms with Crippen molar-refractivity contribution in [2.75, 3.05) is 11.4 Å². The van der Waals surface area contributed by atoms with Crippen LogP contribution in [0, 0.1) is 5.82 Å². The molecule has 0 aliphatic rings. The number of anilines is 1. The molecule has 0 N–H and O–H groups in total. The summed E-state index contributed by atoms with van der Waals surface area (Å²) in [5, 5.41) is 0. The Hall–Kier alpha value is -1.83. The van der Waals surface area contributed by atoms with Gasteiger partial charge < -0.3 is 4.90 Å². The van der Waals surface area contributed by atoms with Gasteiger partial charge in [-0.3, -0.25) is 0 Å². The van der Waals surface area contributed by atoms with E-state index >= 15 is 0 Å². The van der Waals surface area contributed by atoms with Crippen molar-refractivity contribution in [1.82, 2.24) is 0 Å². The van der Waals surface area contributed by atoms with E-state index in [4.69, 9.17) is 0 Å². The highest BCUT2D eigenvalue weighted by Crippen LogP contribution is 2.17. The van der Waals surface area contributed by atoms with Gasteiger partial charge in [0.2, 0.25) is 0 Å². The molecule has 0 radical (unpaired) electrons. The van der Waals surface area contributed by atoms with Crippen molar-refractivity contribution >= 4 is 5.69 Å². The quantitative estimate of drug-likeness (QED) is 0.769. The first-order valence-corrected chi connectivity index (χ1v) is 5.84. The van der Waals surface area contributed by atoms with Crippen LogP contribution in [0.2, 0.25) is 0 Å². The van der Waals surface area contributed by atoms with E-state index in [1.807, 2.05) is 24.3 Å². The molecule has 0 fully saturated rings. The molecule has 0 amide bonds. The molecule has 2 rings (SSSR count). The van der Waals surface area contributed by atoms with E-state index in [1.54, 1.807) is 12.1 Å². The van der Waals surface area contributed by atoms with Crippen molar-refractivity contribution in [2.24, 2.45) is 0 Å². The normalized spacial score (nSPS) is 10.2. The lowest BCUT2D eigenvalue weighted by Gasteiger charge is -2.23. The highest BCUT2D eigenvalue weighted by Gasteiger charge is 2.05. The molecule has 0 atom stereocenters. The highest BCUT2D eigenvalue weighted by molar-refractivity contribution is 5.46. The van der Waals surface area contributed by atoms with Gasteiger partial charge >= 0.3 is 0 Å². The monoisotopic (exact) mass is 229 g/mol. The molecule has 0 aliphatic carbocycles. The van der Waals surface area contributed by atoms with E-state index in [0.29, 0.717) is 0 Å². The maximum atomic E-state index is 13.2. The van der Waals surface area contributed by atoms with Gasteiger partial charge in [0.25, 0.3) is 0 Å². The lowest BCUT2D eigenvalue weighted by atomic mass is 10.2. The maximum Gasteiger partial charge on any atom is 0.125 e. The second-order valence-electron chi connectivity index (χ2n) is 3.98. The predicted molar refractivity (Wildman–Crippen MR) is 69.6 cm³/mol. The zero-order chi connectivity index (χ0) is 12.1. The zero-order valence-corrected chi connectivity index (χ0v) is 9.94. The molecule has 2 heteroatoms. The molecule has 0 aromatic heterocycles. The third kappa shape index (κ3) is 3.06. The van der Waals surface area contributed by atoms with Gasteiger partial charge in [-0.2, -0.15) is 0 Å². The van der Waals surface area contributed by atoms with E-state index in [9.17, 15) is 4.39 Å². The van der Waals surface area contributed by atoms with Crippen LogP contribution in [0.5, 0.6) is 0 Å². The molecule has 2 aromatic rings. The first-order valence-electron chi connectivity index (χ1n) is 5.84. The highest BCUT2D eigenvalue weighted by atomic mass is 19.1. The van der Waals surface area contributed by atoms with E-state index < -0.39 is 0 Å². The summed E-state index contributed by atoms with van der Waals surface area (Å²) < 4.78 is 13.2. The number of nitrogens with zero attached hydrogens (tertiary/aromatic N) is 1. The lowest BCUT2D eigenvalue weighted by Crippen LogP contribution is -2.21. The van der Waals surface area contributed by atoms with Crippen LogP contribution in [0.15, 0.2) is 54.6 Å². The van der Waals surface area contributed by atoms with Crippen molar-refractivity contribution in [2.45, 2.75) is 13.5 Å². The number of hydrogen-bond donors (Lipinski definition) is 0. The molecule has 1 nitrogen and oxygen atoms in total. The van der Waals surface area contributed by atoms with Crippen LogP contribution in [-0.4, -0.2) is 6.54 Å². The zero-order valence-electron chi connectivity index (χ0n) is 9.94. The molecule has 0 unspecified atom stereocenters. The summed E-state index contributed by atoms with van der Waals surface area (Å²) in [7, 11) is 0. The smallest absolute Gasteiger partial charge is 0.125 e. The third-order valence-corrected chi connectivity index (χ3v) is 2.77. The molecular weight excluding hydrogens is 213 g/mol. The Balaban J connectivity index is 2.17. The summed E-state index contributed by atoms with van der Waals surface area (Å²) in [5.41, 5.74) is 2.16. The Morgan fingerprint density at radius 1 is 1.00 bits per heavy atom. The third-order valence-electron chi connectivity index (χ3n) is 2.77. The standard InChI is InChI=1S/C15H16FN/c1-2-17(12-13-7-4-3-5-8-13)15-10-6-9-14(16)11-15/h3-11H,2,12H2,1H3. The number of rotatable bonds is 4. The second kappa shape index (κ2) is 5.48. The number of benzene rings is 2. The summed E-state index contributed by atoms with van der Waals surface area (Å²) in [6.07, 6.45) is 0. The average Bonchev–Trinajstić information content (AvgIpc) is 2.37. The molecule has 0 saturated heterocycles. The predicted octanol–water partition coefficient (Wildman–Crippen LogP) is 3.85. The van der Waals surface area contributed by atoms with Crippen molar-refractivity contribution < 1.29 is 4.39 Å². The minimum atomic E-state index is -0.186. The Kier molecular flexibility index (Phi) is 3.76. The molecule has 0 saturated carbocycles. The van der Waals surface area contributed by atoms with Crippen LogP contribution in [0.3, 0.4) is 0 Å². The first kappa shape index (κ1) is 11.6. The molecular formula is C15H16FN. The van der Waals surface area contributed by atoms with Crippen LogP contribution in [0.1, 0.15) is 12.5 Å². The van der Waals surface area contributed by atoms with Crippen LogP contribution >= 0.6 is 0 Å².